The van der Waals surface area contributed by atoms with Crippen molar-refractivity contribution >= 4 is 17.3 Å². The quantitative estimate of drug-likeness (QED) is 0.874. The van der Waals surface area contributed by atoms with Crippen molar-refractivity contribution in [3.8, 4) is 0 Å². The van der Waals surface area contributed by atoms with Crippen LogP contribution in [0.5, 0.6) is 0 Å². The largest absolute Gasteiger partial charge is 0.380 e. The van der Waals surface area contributed by atoms with Gasteiger partial charge in [0.2, 0.25) is 0 Å². The first-order valence-electron chi connectivity index (χ1n) is 5.15. The molecule has 0 unspecified atom stereocenters. The van der Waals surface area contributed by atoms with Gasteiger partial charge in [-0.15, -0.1) is 0 Å². The lowest BCUT2D eigenvalue weighted by atomic mass is 10.2. The smallest absolute Gasteiger partial charge is 0.0666 e. The predicted octanol–water partition coefficient (Wildman–Crippen LogP) is 3.66. The maximum absolute atomic E-state index is 6.18. The summed E-state index contributed by atoms with van der Waals surface area (Å²) in [7, 11) is 0. The molecule has 0 amide bonds. The number of aromatic nitrogens is 1. The summed E-state index contributed by atoms with van der Waals surface area (Å²) in [5.74, 6) is 0. The van der Waals surface area contributed by atoms with Crippen LogP contribution in [-0.2, 0) is 6.54 Å². The molecule has 1 aromatic heterocycles. The second-order valence-corrected chi connectivity index (χ2v) is 4.03. The highest BCUT2D eigenvalue weighted by Gasteiger charge is 2.01. The number of nitrogens with one attached hydrogen (secondary N) is 1. The lowest BCUT2D eigenvalue weighted by Gasteiger charge is -2.09. The number of hydrogen-bond donors (Lipinski definition) is 1. The summed E-state index contributed by atoms with van der Waals surface area (Å²) in [6.45, 7) is 2.73. The number of aryl methyl sites for hydroxylation is 1. The van der Waals surface area contributed by atoms with E-state index in [9.17, 15) is 0 Å². The number of benzene rings is 1. The van der Waals surface area contributed by atoms with Gasteiger partial charge in [-0.2, -0.15) is 0 Å². The Labute approximate surface area is 100 Å². The van der Waals surface area contributed by atoms with Gasteiger partial charge in [-0.25, -0.2) is 0 Å². The van der Waals surface area contributed by atoms with Crippen molar-refractivity contribution < 1.29 is 0 Å². The van der Waals surface area contributed by atoms with Crippen LogP contribution in [0.2, 0.25) is 5.02 Å². The molecule has 1 N–H and O–H groups in total. The van der Waals surface area contributed by atoms with Crippen LogP contribution in [0.3, 0.4) is 0 Å². The summed E-state index contributed by atoms with van der Waals surface area (Å²) in [6.07, 6.45) is 3.61. The fraction of sp³-hybridized carbons (Fsp3) is 0.154. The molecule has 0 spiro atoms. The number of halogens is 1. The molecule has 3 heteroatoms. The third-order valence-corrected chi connectivity index (χ3v) is 2.90. The highest BCUT2D eigenvalue weighted by atomic mass is 35.5. The normalized spacial score (nSPS) is 10.1. The van der Waals surface area contributed by atoms with Crippen molar-refractivity contribution in [1.82, 2.24) is 4.98 Å². The van der Waals surface area contributed by atoms with Crippen molar-refractivity contribution in [1.29, 1.82) is 0 Å². The molecule has 0 aliphatic carbocycles. The lowest BCUT2D eigenvalue weighted by molar-refractivity contribution is 1.11. The average Bonchev–Trinajstić information content (AvgIpc) is 2.32. The first kappa shape index (κ1) is 11.0. The molecule has 0 saturated carbocycles. The van der Waals surface area contributed by atoms with Crippen LogP contribution in [0.4, 0.5) is 5.69 Å². The Kier molecular flexibility index (Phi) is 3.42. The van der Waals surface area contributed by atoms with E-state index in [0.29, 0.717) is 0 Å². The number of pyridine rings is 1. The fourth-order valence-corrected chi connectivity index (χ4v) is 1.68. The zero-order valence-electron chi connectivity index (χ0n) is 9.07. The molecule has 0 aliphatic rings. The van der Waals surface area contributed by atoms with Crippen molar-refractivity contribution in [3.05, 3.63) is 58.9 Å². The summed E-state index contributed by atoms with van der Waals surface area (Å²) in [5, 5.41) is 4.08. The molecular formula is C13H13ClN2. The van der Waals surface area contributed by atoms with Crippen molar-refractivity contribution in [2.24, 2.45) is 0 Å². The monoisotopic (exact) mass is 232 g/mol. The van der Waals surface area contributed by atoms with Gasteiger partial charge in [-0.1, -0.05) is 29.8 Å². The third-order valence-electron chi connectivity index (χ3n) is 2.40. The molecule has 0 bridgehead atoms. The number of hydrogen-bond acceptors (Lipinski definition) is 2. The summed E-state index contributed by atoms with van der Waals surface area (Å²) in [6, 6.07) is 9.93. The van der Waals surface area contributed by atoms with E-state index < -0.39 is 0 Å². The van der Waals surface area contributed by atoms with E-state index in [-0.39, 0.29) is 0 Å². The molecule has 2 nitrogen and oxygen atoms in total. The first-order chi connectivity index (χ1) is 7.77. The fourth-order valence-electron chi connectivity index (χ4n) is 1.48. The summed E-state index contributed by atoms with van der Waals surface area (Å²) in [5.41, 5.74) is 3.18. The molecule has 1 aromatic carbocycles. The first-order valence-corrected chi connectivity index (χ1v) is 5.53. The van der Waals surface area contributed by atoms with Crippen molar-refractivity contribution in [2.75, 3.05) is 5.32 Å². The average molecular weight is 233 g/mol. The third kappa shape index (κ3) is 2.52. The van der Waals surface area contributed by atoms with E-state index in [4.69, 9.17) is 11.6 Å². The van der Waals surface area contributed by atoms with Gasteiger partial charge in [0.25, 0.3) is 0 Å². The minimum Gasteiger partial charge on any atom is -0.380 e. The van der Waals surface area contributed by atoms with Crippen molar-refractivity contribution in [3.63, 3.8) is 0 Å². The molecule has 2 aromatic rings. The maximum Gasteiger partial charge on any atom is 0.0666 e. The minimum absolute atomic E-state index is 0.733. The Morgan fingerprint density at radius 1 is 1.25 bits per heavy atom. The Morgan fingerprint density at radius 3 is 2.88 bits per heavy atom. The molecule has 0 radical (unpaired) electrons. The molecule has 82 valence electrons. The van der Waals surface area contributed by atoms with Gasteiger partial charge in [0.15, 0.2) is 0 Å². The molecule has 16 heavy (non-hydrogen) atoms. The zero-order valence-corrected chi connectivity index (χ0v) is 9.83. The maximum atomic E-state index is 6.18. The van der Waals surface area contributed by atoms with Crippen LogP contribution in [0.1, 0.15) is 11.1 Å². The predicted molar refractivity (Wildman–Crippen MR) is 67.8 cm³/mol. The summed E-state index contributed by atoms with van der Waals surface area (Å²) >= 11 is 6.18. The standard InChI is InChI=1S/C13H13ClN2/c1-10-4-2-6-12(13(10)14)16-9-11-5-3-7-15-8-11/h2-8,16H,9H2,1H3. The van der Waals surface area contributed by atoms with E-state index in [1.165, 1.54) is 0 Å². The molecule has 1 heterocycles. The lowest BCUT2D eigenvalue weighted by Crippen LogP contribution is -2.00. The molecule has 0 atom stereocenters. The van der Waals surface area contributed by atoms with Gasteiger partial charge in [0, 0.05) is 18.9 Å². The summed E-state index contributed by atoms with van der Waals surface area (Å²) in [4.78, 5) is 4.06. The van der Waals surface area contributed by atoms with E-state index in [1.54, 1.807) is 6.20 Å². The number of anilines is 1. The zero-order chi connectivity index (χ0) is 11.4. The van der Waals surface area contributed by atoms with Gasteiger partial charge in [0.05, 0.1) is 10.7 Å². The topological polar surface area (TPSA) is 24.9 Å². The van der Waals surface area contributed by atoms with Crippen LogP contribution in [0, 0.1) is 6.92 Å². The van der Waals surface area contributed by atoms with Crippen LogP contribution in [0.15, 0.2) is 42.7 Å². The minimum atomic E-state index is 0.733. The van der Waals surface area contributed by atoms with E-state index in [1.807, 2.05) is 43.5 Å². The SMILES string of the molecule is Cc1cccc(NCc2cccnc2)c1Cl. The molecule has 0 fully saturated rings. The Bertz CT molecular complexity index is 469. The Morgan fingerprint density at radius 2 is 2.12 bits per heavy atom. The van der Waals surface area contributed by atoms with Crippen LogP contribution < -0.4 is 5.32 Å². The Hall–Kier alpha value is -1.54. The van der Waals surface area contributed by atoms with Crippen LogP contribution >= 0.6 is 11.6 Å². The summed E-state index contributed by atoms with van der Waals surface area (Å²) < 4.78 is 0. The molecule has 0 aliphatic heterocycles. The highest BCUT2D eigenvalue weighted by Crippen LogP contribution is 2.25. The van der Waals surface area contributed by atoms with E-state index in [0.717, 1.165) is 28.4 Å². The number of rotatable bonds is 3. The van der Waals surface area contributed by atoms with Gasteiger partial charge in [-0.05, 0) is 30.2 Å². The van der Waals surface area contributed by atoms with Gasteiger partial charge in [0.1, 0.15) is 0 Å². The van der Waals surface area contributed by atoms with Crippen LogP contribution in [-0.4, -0.2) is 4.98 Å². The second-order valence-electron chi connectivity index (χ2n) is 3.65. The van der Waals surface area contributed by atoms with E-state index in [2.05, 4.69) is 10.3 Å². The molecule has 2 rings (SSSR count). The van der Waals surface area contributed by atoms with Gasteiger partial charge in [-0.3, -0.25) is 4.98 Å². The van der Waals surface area contributed by atoms with E-state index >= 15 is 0 Å². The van der Waals surface area contributed by atoms with Crippen LogP contribution in [0.25, 0.3) is 0 Å². The van der Waals surface area contributed by atoms with Crippen molar-refractivity contribution in [2.45, 2.75) is 13.5 Å². The highest BCUT2D eigenvalue weighted by molar-refractivity contribution is 6.33. The molecular weight excluding hydrogens is 220 g/mol. The van der Waals surface area contributed by atoms with Gasteiger partial charge >= 0.3 is 0 Å². The number of nitrogens with zero attached hydrogens (tertiary/aromatic N) is 1. The molecule has 0 saturated heterocycles. The Balaban J connectivity index is 2.08. The second kappa shape index (κ2) is 4.99. The van der Waals surface area contributed by atoms with Gasteiger partial charge < -0.3 is 5.32 Å².